The van der Waals surface area contributed by atoms with Gasteiger partial charge in [0.05, 0.1) is 17.1 Å². The first kappa shape index (κ1) is 16.5. The van der Waals surface area contributed by atoms with Gasteiger partial charge in [0.1, 0.15) is 5.82 Å². The Morgan fingerprint density at radius 3 is 2.70 bits per heavy atom. The SMILES string of the molecule is CCOC(=O)c1cc(F)cc(S(=O)(=O)NCCCN)c1. The van der Waals surface area contributed by atoms with Crippen molar-refractivity contribution in [1.29, 1.82) is 0 Å². The predicted octanol–water partition coefficient (Wildman–Crippen LogP) is 0.630. The number of hydrogen-bond donors (Lipinski definition) is 2. The van der Waals surface area contributed by atoms with Gasteiger partial charge < -0.3 is 10.5 Å². The Bertz CT molecular complexity index is 575. The van der Waals surface area contributed by atoms with E-state index in [1.54, 1.807) is 6.92 Å². The molecule has 0 saturated heterocycles. The van der Waals surface area contributed by atoms with E-state index < -0.39 is 21.8 Å². The molecule has 1 aromatic carbocycles. The Morgan fingerprint density at radius 1 is 1.40 bits per heavy atom. The van der Waals surface area contributed by atoms with Crippen molar-refractivity contribution in [3.8, 4) is 0 Å². The fourth-order valence-electron chi connectivity index (χ4n) is 1.44. The second kappa shape index (κ2) is 7.32. The van der Waals surface area contributed by atoms with Crippen LogP contribution in [0.1, 0.15) is 23.7 Å². The van der Waals surface area contributed by atoms with Crippen LogP contribution in [0.3, 0.4) is 0 Å². The fourth-order valence-corrected chi connectivity index (χ4v) is 2.57. The minimum absolute atomic E-state index is 0.117. The molecule has 0 amide bonds. The van der Waals surface area contributed by atoms with Gasteiger partial charge in [-0.15, -0.1) is 0 Å². The van der Waals surface area contributed by atoms with Crippen LogP contribution in [0.15, 0.2) is 23.1 Å². The quantitative estimate of drug-likeness (QED) is 0.568. The molecule has 0 aliphatic carbocycles. The maximum Gasteiger partial charge on any atom is 0.338 e. The summed E-state index contributed by atoms with van der Waals surface area (Å²) < 4.78 is 44.3. The number of ether oxygens (including phenoxy) is 1. The third-order valence-electron chi connectivity index (χ3n) is 2.37. The van der Waals surface area contributed by atoms with E-state index in [9.17, 15) is 17.6 Å². The van der Waals surface area contributed by atoms with Gasteiger partial charge in [-0.3, -0.25) is 0 Å². The van der Waals surface area contributed by atoms with Crippen LogP contribution in [0.5, 0.6) is 0 Å². The Kier molecular flexibility index (Phi) is 6.05. The highest BCUT2D eigenvalue weighted by atomic mass is 32.2. The van der Waals surface area contributed by atoms with Crippen molar-refractivity contribution >= 4 is 16.0 Å². The summed E-state index contributed by atoms with van der Waals surface area (Å²) in [4.78, 5) is 11.2. The molecule has 0 radical (unpaired) electrons. The van der Waals surface area contributed by atoms with Gasteiger partial charge in [-0.2, -0.15) is 0 Å². The maximum absolute atomic E-state index is 13.4. The average molecular weight is 304 g/mol. The van der Waals surface area contributed by atoms with Crippen LogP contribution < -0.4 is 10.5 Å². The number of carbonyl (C=O) groups is 1. The summed E-state index contributed by atoms with van der Waals surface area (Å²) in [5, 5.41) is 0. The lowest BCUT2D eigenvalue weighted by molar-refractivity contribution is 0.0525. The molecule has 0 atom stereocenters. The summed E-state index contributed by atoms with van der Waals surface area (Å²) in [7, 11) is -3.88. The smallest absolute Gasteiger partial charge is 0.338 e. The molecule has 0 spiro atoms. The first-order valence-corrected chi connectivity index (χ1v) is 7.56. The summed E-state index contributed by atoms with van der Waals surface area (Å²) in [5.74, 6) is -1.60. The predicted molar refractivity (Wildman–Crippen MR) is 71.2 cm³/mol. The summed E-state index contributed by atoms with van der Waals surface area (Å²) in [6, 6.07) is 2.84. The first-order valence-electron chi connectivity index (χ1n) is 6.08. The molecule has 0 aromatic heterocycles. The van der Waals surface area contributed by atoms with Gasteiger partial charge in [-0.25, -0.2) is 22.3 Å². The molecule has 112 valence electrons. The van der Waals surface area contributed by atoms with E-state index in [1.165, 1.54) is 0 Å². The third kappa shape index (κ3) is 4.55. The second-order valence-electron chi connectivity index (χ2n) is 3.94. The lowest BCUT2D eigenvalue weighted by atomic mass is 10.2. The topological polar surface area (TPSA) is 98.5 Å². The molecule has 0 heterocycles. The van der Waals surface area contributed by atoms with Gasteiger partial charge in [-0.05, 0) is 38.1 Å². The standard InChI is InChI=1S/C12H17FN2O4S/c1-2-19-12(16)9-6-10(13)8-11(7-9)20(17,18)15-5-3-4-14/h6-8,15H,2-5,14H2,1H3. The van der Waals surface area contributed by atoms with E-state index >= 15 is 0 Å². The van der Waals surface area contributed by atoms with Crippen LogP contribution in [0.25, 0.3) is 0 Å². The largest absolute Gasteiger partial charge is 0.462 e. The number of benzene rings is 1. The van der Waals surface area contributed by atoms with E-state index in [0.717, 1.165) is 18.2 Å². The molecular weight excluding hydrogens is 287 g/mol. The molecule has 0 unspecified atom stereocenters. The Morgan fingerprint density at radius 2 is 2.10 bits per heavy atom. The Labute approximate surface area is 117 Å². The average Bonchev–Trinajstić information content (AvgIpc) is 2.38. The number of halogens is 1. The third-order valence-corrected chi connectivity index (χ3v) is 3.81. The Hall–Kier alpha value is -1.51. The Balaban J connectivity index is 3.03. The van der Waals surface area contributed by atoms with Gasteiger partial charge in [-0.1, -0.05) is 0 Å². The molecule has 0 aliphatic heterocycles. The zero-order valence-electron chi connectivity index (χ0n) is 11.1. The van der Waals surface area contributed by atoms with E-state index in [4.69, 9.17) is 10.5 Å². The van der Waals surface area contributed by atoms with Gasteiger partial charge in [0.2, 0.25) is 10.0 Å². The van der Waals surface area contributed by atoms with Gasteiger partial charge in [0.15, 0.2) is 0 Å². The molecule has 0 saturated carbocycles. The van der Waals surface area contributed by atoms with Crippen molar-refractivity contribution < 1.29 is 22.3 Å². The highest BCUT2D eigenvalue weighted by molar-refractivity contribution is 7.89. The number of hydrogen-bond acceptors (Lipinski definition) is 5. The zero-order valence-corrected chi connectivity index (χ0v) is 11.9. The number of nitrogens with one attached hydrogen (secondary N) is 1. The minimum atomic E-state index is -3.88. The zero-order chi connectivity index (χ0) is 15.2. The molecule has 20 heavy (non-hydrogen) atoms. The molecule has 1 rings (SSSR count). The van der Waals surface area contributed by atoms with Crippen molar-refractivity contribution in [3.63, 3.8) is 0 Å². The van der Waals surface area contributed by atoms with Gasteiger partial charge in [0.25, 0.3) is 0 Å². The maximum atomic E-state index is 13.4. The highest BCUT2D eigenvalue weighted by Crippen LogP contribution is 2.15. The molecular formula is C12H17FN2O4S. The molecule has 1 aromatic rings. The molecule has 3 N–H and O–H groups in total. The number of esters is 1. The van der Waals surface area contributed by atoms with Crippen LogP contribution in [0, 0.1) is 5.82 Å². The molecule has 8 heteroatoms. The minimum Gasteiger partial charge on any atom is -0.462 e. The fraction of sp³-hybridized carbons (Fsp3) is 0.417. The first-order chi connectivity index (χ1) is 9.40. The van der Waals surface area contributed by atoms with Crippen LogP contribution in [0.4, 0.5) is 4.39 Å². The van der Waals surface area contributed by atoms with Crippen LogP contribution in [0.2, 0.25) is 0 Å². The van der Waals surface area contributed by atoms with E-state index in [1.807, 2.05) is 0 Å². The lowest BCUT2D eigenvalue weighted by Gasteiger charge is -2.08. The van der Waals surface area contributed by atoms with Crippen molar-refractivity contribution in [3.05, 3.63) is 29.6 Å². The summed E-state index contributed by atoms with van der Waals surface area (Å²) in [5.41, 5.74) is 5.11. The normalized spacial score (nSPS) is 11.3. The van der Waals surface area contributed by atoms with Gasteiger partial charge >= 0.3 is 5.97 Å². The van der Waals surface area contributed by atoms with Crippen molar-refractivity contribution in [1.82, 2.24) is 4.72 Å². The molecule has 0 fully saturated rings. The summed E-state index contributed by atoms with van der Waals surface area (Å²) in [6.07, 6.45) is 0.458. The van der Waals surface area contributed by atoms with Crippen LogP contribution >= 0.6 is 0 Å². The molecule has 0 bridgehead atoms. The van der Waals surface area contributed by atoms with E-state index in [-0.39, 0.29) is 23.6 Å². The number of sulfonamides is 1. The molecule has 0 aliphatic rings. The summed E-state index contributed by atoms with van der Waals surface area (Å²) in [6.45, 7) is 2.19. The number of carbonyl (C=O) groups excluding carboxylic acids is 1. The van der Waals surface area contributed by atoms with E-state index in [2.05, 4.69) is 4.72 Å². The monoisotopic (exact) mass is 304 g/mol. The van der Waals surface area contributed by atoms with Crippen molar-refractivity contribution in [2.75, 3.05) is 19.7 Å². The second-order valence-corrected chi connectivity index (χ2v) is 5.70. The number of rotatable bonds is 7. The van der Waals surface area contributed by atoms with Crippen molar-refractivity contribution in [2.24, 2.45) is 5.73 Å². The number of nitrogens with two attached hydrogens (primary N) is 1. The van der Waals surface area contributed by atoms with Crippen molar-refractivity contribution in [2.45, 2.75) is 18.2 Å². The van der Waals surface area contributed by atoms with Crippen LogP contribution in [-0.4, -0.2) is 34.1 Å². The van der Waals surface area contributed by atoms with Crippen LogP contribution in [-0.2, 0) is 14.8 Å². The lowest BCUT2D eigenvalue weighted by Crippen LogP contribution is -2.26. The van der Waals surface area contributed by atoms with E-state index in [0.29, 0.717) is 13.0 Å². The van der Waals surface area contributed by atoms with Gasteiger partial charge in [0, 0.05) is 6.54 Å². The summed E-state index contributed by atoms with van der Waals surface area (Å²) >= 11 is 0. The highest BCUT2D eigenvalue weighted by Gasteiger charge is 2.18. The molecule has 6 nitrogen and oxygen atoms in total.